The van der Waals surface area contributed by atoms with Crippen molar-refractivity contribution >= 4 is 23.2 Å². The van der Waals surface area contributed by atoms with E-state index in [-0.39, 0.29) is 0 Å². The minimum absolute atomic E-state index is 0.665. The largest absolute Gasteiger partial charge is 0.331 e. The van der Waals surface area contributed by atoms with Crippen molar-refractivity contribution in [1.82, 2.24) is 14.5 Å². The lowest BCUT2D eigenvalue weighted by Crippen LogP contribution is -2.49. The fraction of sp³-hybridized carbons (Fsp3) is 0.526. The second-order valence-corrected chi connectivity index (χ2v) is 7.82. The molecule has 2 atom stereocenters. The number of benzene rings is 1. The van der Waals surface area contributed by atoms with Gasteiger partial charge in [0.25, 0.3) is 0 Å². The summed E-state index contributed by atoms with van der Waals surface area (Å²) in [4.78, 5) is 7.26. The van der Waals surface area contributed by atoms with Gasteiger partial charge >= 0.3 is 0 Å². The summed E-state index contributed by atoms with van der Waals surface area (Å²) in [6.45, 7) is 3.54. The molecule has 0 unspecified atom stereocenters. The van der Waals surface area contributed by atoms with Crippen LogP contribution in [-0.2, 0) is 6.54 Å². The fourth-order valence-corrected chi connectivity index (χ4v) is 5.01. The van der Waals surface area contributed by atoms with E-state index in [4.69, 9.17) is 23.2 Å². The van der Waals surface area contributed by atoms with Gasteiger partial charge in [0.2, 0.25) is 0 Å². The maximum atomic E-state index is 6.40. The van der Waals surface area contributed by atoms with Crippen molar-refractivity contribution in [2.45, 2.75) is 44.7 Å². The molecule has 0 spiro atoms. The summed E-state index contributed by atoms with van der Waals surface area (Å²) in [5.74, 6) is 1.58. The average Bonchev–Trinajstić information content (AvgIpc) is 3.03. The van der Waals surface area contributed by atoms with E-state index < -0.39 is 0 Å². The molecule has 1 aromatic heterocycles. The smallest absolute Gasteiger partial charge is 0.142 e. The van der Waals surface area contributed by atoms with E-state index in [2.05, 4.69) is 20.6 Å². The molecular weight excluding hydrogens is 341 g/mol. The van der Waals surface area contributed by atoms with Gasteiger partial charge in [-0.3, -0.25) is 0 Å². The molecule has 2 aromatic rings. The van der Waals surface area contributed by atoms with Gasteiger partial charge < -0.3 is 9.47 Å². The summed E-state index contributed by atoms with van der Waals surface area (Å²) in [7, 11) is 0. The predicted molar refractivity (Wildman–Crippen MR) is 99.6 cm³/mol. The van der Waals surface area contributed by atoms with Gasteiger partial charge in [-0.2, -0.15) is 0 Å². The van der Waals surface area contributed by atoms with Crippen LogP contribution in [0.5, 0.6) is 0 Å². The third kappa shape index (κ3) is 3.10. The molecule has 4 rings (SSSR count). The van der Waals surface area contributed by atoms with Gasteiger partial charge in [-0.1, -0.05) is 35.7 Å². The van der Waals surface area contributed by atoms with Crippen LogP contribution >= 0.6 is 23.2 Å². The lowest BCUT2D eigenvalue weighted by atomic mass is 9.83. The highest BCUT2D eigenvalue weighted by Crippen LogP contribution is 2.36. The number of hydrogen-bond acceptors (Lipinski definition) is 2. The minimum atomic E-state index is 0.665. The molecule has 5 heteroatoms. The van der Waals surface area contributed by atoms with Crippen molar-refractivity contribution in [2.75, 3.05) is 13.1 Å². The summed E-state index contributed by atoms with van der Waals surface area (Å²) < 4.78 is 2.25. The molecule has 128 valence electrons. The highest BCUT2D eigenvalue weighted by atomic mass is 35.5. The standard InChI is InChI=1S/C19H23Cl2N3/c20-15-6-3-7-16(21)18(15)19-22-9-12-24(19)13-14-5-4-11-23-10-2-1-8-17(14)23/h3,6-7,9,12,14,17H,1-2,4-5,8,10-11,13H2/t14-,17+/m0/s1. The third-order valence-electron chi connectivity index (χ3n) is 5.56. The average molecular weight is 364 g/mol. The summed E-state index contributed by atoms with van der Waals surface area (Å²) in [6, 6.07) is 6.36. The number of hydrogen-bond donors (Lipinski definition) is 0. The summed E-state index contributed by atoms with van der Waals surface area (Å²) in [5.41, 5.74) is 0.849. The first-order valence-electron chi connectivity index (χ1n) is 8.93. The number of imidazole rings is 1. The van der Waals surface area contributed by atoms with Gasteiger partial charge in [0.1, 0.15) is 5.82 Å². The van der Waals surface area contributed by atoms with Crippen molar-refractivity contribution in [1.29, 1.82) is 0 Å². The van der Waals surface area contributed by atoms with Crippen LogP contribution in [0.2, 0.25) is 10.0 Å². The van der Waals surface area contributed by atoms with Gasteiger partial charge in [0.05, 0.1) is 15.6 Å². The number of fused-ring (bicyclic) bond motifs is 1. The van der Waals surface area contributed by atoms with Gasteiger partial charge in [0, 0.05) is 25.0 Å². The topological polar surface area (TPSA) is 21.1 Å². The highest BCUT2D eigenvalue weighted by molar-refractivity contribution is 6.38. The van der Waals surface area contributed by atoms with Gasteiger partial charge in [0.15, 0.2) is 0 Å². The minimum Gasteiger partial charge on any atom is -0.331 e. The third-order valence-corrected chi connectivity index (χ3v) is 6.19. The van der Waals surface area contributed by atoms with E-state index >= 15 is 0 Å². The zero-order chi connectivity index (χ0) is 16.5. The summed E-state index contributed by atoms with van der Waals surface area (Å²) in [5, 5.41) is 1.33. The first kappa shape index (κ1) is 16.4. The molecule has 0 saturated carbocycles. The van der Waals surface area contributed by atoms with Crippen LogP contribution in [0.3, 0.4) is 0 Å². The summed E-state index contributed by atoms with van der Waals surface area (Å²) >= 11 is 12.8. The zero-order valence-corrected chi connectivity index (χ0v) is 15.3. The summed E-state index contributed by atoms with van der Waals surface area (Å²) in [6.07, 6.45) is 10.6. The number of halogens is 2. The molecule has 2 saturated heterocycles. The molecule has 24 heavy (non-hydrogen) atoms. The predicted octanol–water partition coefficient (Wildman–Crippen LogP) is 5.12. The van der Waals surface area contributed by atoms with E-state index in [9.17, 15) is 0 Å². The van der Waals surface area contributed by atoms with E-state index in [1.807, 2.05) is 24.4 Å². The highest BCUT2D eigenvalue weighted by Gasteiger charge is 2.33. The Balaban J connectivity index is 1.61. The molecule has 0 amide bonds. The Morgan fingerprint density at radius 1 is 1.04 bits per heavy atom. The van der Waals surface area contributed by atoms with Crippen LogP contribution < -0.4 is 0 Å². The Bertz CT molecular complexity index is 690. The van der Waals surface area contributed by atoms with Crippen LogP contribution in [0, 0.1) is 5.92 Å². The first-order chi connectivity index (χ1) is 11.7. The number of aromatic nitrogens is 2. The van der Waals surface area contributed by atoms with E-state index in [1.165, 1.54) is 45.2 Å². The Hall–Kier alpha value is -1.03. The number of nitrogens with zero attached hydrogens (tertiary/aromatic N) is 3. The van der Waals surface area contributed by atoms with Crippen molar-refractivity contribution in [3.63, 3.8) is 0 Å². The van der Waals surface area contributed by atoms with E-state index in [1.54, 1.807) is 0 Å². The Morgan fingerprint density at radius 2 is 1.83 bits per heavy atom. The lowest BCUT2D eigenvalue weighted by molar-refractivity contribution is 0.0521. The maximum absolute atomic E-state index is 6.40. The monoisotopic (exact) mass is 363 g/mol. The second-order valence-electron chi connectivity index (χ2n) is 7.00. The van der Waals surface area contributed by atoms with E-state index in [0.29, 0.717) is 16.0 Å². The van der Waals surface area contributed by atoms with Crippen LogP contribution in [0.25, 0.3) is 11.4 Å². The molecular formula is C19H23Cl2N3. The van der Waals surface area contributed by atoms with E-state index in [0.717, 1.165) is 24.0 Å². The van der Waals surface area contributed by atoms with Gasteiger partial charge in [-0.05, 0) is 56.8 Å². The van der Waals surface area contributed by atoms with Crippen LogP contribution in [0.15, 0.2) is 30.6 Å². The molecule has 2 aliphatic heterocycles. The Morgan fingerprint density at radius 3 is 2.67 bits per heavy atom. The number of rotatable bonds is 3. The Labute approximate surface area is 153 Å². The molecule has 3 heterocycles. The van der Waals surface area contributed by atoms with Crippen molar-refractivity contribution < 1.29 is 0 Å². The van der Waals surface area contributed by atoms with Gasteiger partial charge in [-0.15, -0.1) is 0 Å². The number of piperidine rings is 2. The molecule has 0 radical (unpaired) electrons. The molecule has 0 bridgehead atoms. The second kappa shape index (κ2) is 7.07. The molecule has 3 nitrogen and oxygen atoms in total. The SMILES string of the molecule is Clc1cccc(Cl)c1-c1nccn1C[C@@H]1CCCN2CCCC[C@H]12. The fourth-order valence-electron chi connectivity index (χ4n) is 4.44. The molecule has 0 N–H and O–H groups in total. The molecule has 1 aromatic carbocycles. The van der Waals surface area contributed by atoms with Gasteiger partial charge in [-0.25, -0.2) is 4.98 Å². The molecule has 0 aliphatic carbocycles. The van der Waals surface area contributed by atoms with Crippen molar-refractivity contribution in [2.24, 2.45) is 5.92 Å². The molecule has 2 fully saturated rings. The first-order valence-corrected chi connectivity index (χ1v) is 9.69. The van der Waals surface area contributed by atoms with Crippen LogP contribution in [0.1, 0.15) is 32.1 Å². The normalized spacial score (nSPS) is 24.8. The lowest BCUT2D eigenvalue weighted by Gasteiger charge is -2.44. The van der Waals surface area contributed by atoms with Crippen molar-refractivity contribution in [3.8, 4) is 11.4 Å². The van der Waals surface area contributed by atoms with Crippen molar-refractivity contribution in [3.05, 3.63) is 40.6 Å². The van der Waals surface area contributed by atoms with Crippen LogP contribution in [0.4, 0.5) is 0 Å². The zero-order valence-electron chi connectivity index (χ0n) is 13.8. The molecule has 2 aliphatic rings. The van der Waals surface area contributed by atoms with Crippen LogP contribution in [-0.4, -0.2) is 33.6 Å². The Kier molecular flexibility index (Phi) is 4.84. The maximum Gasteiger partial charge on any atom is 0.142 e. The quantitative estimate of drug-likeness (QED) is 0.754.